The Hall–Kier alpha value is -1.39. The molecular weight excluding hydrogens is 262 g/mol. The number of amides is 1. The zero-order valence-corrected chi connectivity index (χ0v) is 13.4. The van der Waals surface area contributed by atoms with E-state index in [1.807, 2.05) is 30.1 Å². The number of hydrogen-bond acceptors (Lipinski definition) is 3. The molecule has 0 radical (unpaired) electrons. The van der Waals surface area contributed by atoms with Crippen LogP contribution < -0.4 is 5.32 Å². The topological polar surface area (TPSA) is 35.6 Å². The predicted octanol–water partition coefficient (Wildman–Crippen LogP) is 1.89. The molecule has 4 nitrogen and oxygen atoms in total. The Balaban J connectivity index is 1.89. The molecule has 1 aromatic carbocycles. The van der Waals surface area contributed by atoms with Gasteiger partial charge in [-0.3, -0.25) is 9.69 Å². The lowest BCUT2D eigenvalue weighted by molar-refractivity contribution is -0.133. The number of rotatable bonds is 5. The first-order valence-corrected chi connectivity index (χ1v) is 7.81. The number of nitrogens with one attached hydrogen (secondary N) is 1. The van der Waals surface area contributed by atoms with Crippen LogP contribution in [0.1, 0.15) is 31.4 Å². The van der Waals surface area contributed by atoms with Crippen molar-refractivity contribution in [3.05, 3.63) is 35.9 Å². The minimum atomic E-state index is 0.108. The second-order valence-corrected chi connectivity index (χ2v) is 6.01. The van der Waals surface area contributed by atoms with E-state index in [-0.39, 0.29) is 11.9 Å². The van der Waals surface area contributed by atoms with Gasteiger partial charge in [0.25, 0.3) is 0 Å². The first-order chi connectivity index (χ1) is 10.1. The molecular formula is C17H27N3O. The molecule has 21 heavy (non-hydrogen) atoms. The molecule has 0 bridgehead atoms. The predicted molar refractivity (Wildman–Crippen MR) is 86.1 cm³/mol. The Kier molecular flexibility index (Phi) is 5.76. The van der Waals surface area contributed by atoms with Crippen LogP contribution in [0, 0.1) is 0 Å². The molecule has 0 aromatic heterocycles. The maximum atomic E-state index is 12.5. The van der Waals surface area contributed by atoms with Gasteiger partial charge in [-0.25, -0.2) is 0 Å². The molecule has 0 spiro atoms. The summed E-state index contributed by atoms with van der Waals surface area (Å²) in [5, 5.41) is 3.40. The molecule has 1 aromatic rings. The Morgan fingerprint density at radius 3 is 2.67 bits per heavy atom. The van der Waals surface area contributed by atoms with E-state index in [4.69, 9.17) is 0 Å². The third-order valence-corrected chi connectivity index (χ3v) is 4.54. The van der Waals surface area contributed by atoms with Crippen molar-refractivity contribution >= 4 is 5.91 Å². The van der Waals surface area contributed by atoms with Crippen LogP contribution in [0.15, 0.2) is 30.3 Å². The van der Waals surface area contributed by atoms with Gasteiger partial charge < -0.3 is 10.2 Å². The summed E-state index contributed by atoms with van der Waals surface area (Å²) in [6, 6.07) is 10.8. The van der Waals surface area contributed by atoms with E-state index in [0.29, 0.717) is 12.6 Å². The average Bonchev–Trinajstić information content (AvgIpc) is 2.55. The number of carbonyl (C=O) groups is 1. The Labute approximate surface area is 128 Å². The van der Waals surface area contributed by atoms with Crippen molar-refractivity contribution in [2.45, 2.75) is 31.8 Å². The van der Waals surface area contributed by atoms with Crippen molar-refractivity contribution < 1.29 is 4.79 Å². The summed E-state index contributed by atoms with van der Waals surface area (Å²) in [5.41, 5.74) is 1.18. The summed E-state index contributed by atoms with van der Waals surface area (Å²) >= 11 is 0. The van der Waals surface area contributed by atoms with Crippen molar-refractivity contribution in [3.8, 4) is 0 Å². The lowest BCUT2D eigenvalue weighted by Crippen LogP contribution is -2.48. The zero-order valence-electron chi connectivity index (χ0n) is 13.4. The van der Waals surface area contributed by atoms with E-state index in [1.54, 1.807) is 0 Å². The van der Waals surface area contributed by atoms with Crippen molar-refractivity contribution in [1.29, 1.82) is 0 Å². The van der Waals surface area contributed by atoms with E-state index < -0.39 is 0 Å². The molecule has 1 heterocycles. The van der Waals surface area contributed by atoms with Gasteiger partial charge in [0, 0.05) is 19.6 Å². The zero-order chi connectivity index (χ0) is 15.2. The van der Waals surface area contributed by atoms with Crippen LogP contribution in [0.4, 0.5) is 0 Å². The van der Waals surface area contributed by atoms with Gasteiger partial charge in [-0.2, -0.15) is 0 Å². The highest BCUT2D eigenvalue weighted by molar-refractivity contribution is 5.78. The summed E-state index contributed by atoms with van der Waals surface area (Å²) in [4.78, 5) is 16.5. The molecule has 2 unspecified atom stereocenters. The standard InChI is InChI=1S/C17H27N3O/c1-14(15-8-5-4-6-9-15)20(3)17(21)13-19(2)16-10-7-11-18-12-16/h4-6,8-9,14,16,18H,7,10-13H2,1-3H3. The lowest BCUT2D eigenvalue weighted by atomic mass is 10.1. The second kappa shape index (κ2) is 7.57. The molecule has 116 valence electrons. The molecule has 1 saturated heterocycles. The van der Waals surface area contributed by atoms with Crippen molar-refractivity contribution in [1.82, 2.24) is 15.1 Å². The van der Waals surface area contributed by atoms with Crippen LogP contribution in [0.2, 0.25) is 0 Å². The van der Waals surface area contributed by atoms with Gasteiger partial charge in [0.1, 0.15) is 0 Å². The number of hydrogen-bond donors (Lipinski definition) is 1. The van der Waals surface area contributed by atoms with Crippen LogP contribution in [-0.2, 0) is 4.79 Å². The fourth-order valence-corrected chi connectivity index (χ4v) is 2.83. The summed E-state index contributed by atoms with van der Waals surface area (Å²) in [5.74, 6) is 0.180. The summed E-state index contributed by atoms with van der Waals surface area (Å²) < 4.78 is 0. The number of benzene rings is 1. The third-order valence-electron chi connectivity index (χ3n) is 4.54. The maximum absolute atomic E-state index is 12.5. The molecule has 1 aliphatic heterocycles. The molecule has 1 aliphatic rings. The van der Waals surface area contributed by atoms with Crippen LogP contribution >= 0.6 is 0 Å². The van der Waals surface area contributed by atoms with Crippen molar-refractivity contribution in [2.75, 3.05) is 33.7 Å². The van der Waals surface area contributed by atoms with E-state index in [2.05, 4.69) is 36.3 Å². The minimum absolute atomic E-state index is 0.108. The van der Waals surface area contributed by atoms with Crippen molar-refractivity contribution in [3.63, 3.8) is 0 Å². The van der Waals surface area contributed by atoms with Gasteiger partial charge in [-0.15, -0.1) is 0 Å². The van der Waals surface area contributed by atoms with Gasteiger partial charge in [-0.05, 0) is 38.9 Å². The molecule has 1 fully saturated rings. The van der Waals surface area contributed by atoms with Crippen molar-refractivity contribution in [2.24, 2.45) is 0 Å². The number of likely N-dealkylation sites (N-methyl/N-ethyl adjacent to an activating group) is 2. The SMILES string of the molecule is CC(c1ccccc1)N(C)C(=O)CN(C)C1CCCNC1. The fraction of sp³-hybridized carbons (Fsp3) is 0.588. The minimum Gasteiger partial charge on any atom is -0.338 e. The fourth-order valence-electron chi connectivity index (χ4n) is 2.83. The highest BCUT2D eigenvalue weighted by atomic mass is 16.2. The number of carbonyl (C=O) groups excluding carboxylic acids is 1. The van der Waals surface area contributed by atoms with Crippen LogP contribution in [0.5, 0.6) is 0 Å². The lowest BCUT2D eigenvalue weighted by Gasteiger charge is -2.33. The van der Waals surface area contributed by atoms with Gasteiger partial charge in [0.2, 0.25) is 5.91 Å². The van der Waals surface area contributed by atoms with Gasteiger partial charge in [0.05, 0.1) is 12.6 Å². The van der Waals surface area contributed by atoms with Gasteiger partial charge in [0.15, 0.2) is 0 Å². The average molecular weight is 289 g/mol. The highest BCUT2D eigenvalue weighted by Gasteiger charge is 2.23. The number of nitrogens with zero attached hydrogens (tertiary/aromatic N) is 2. The normalized spacial score (nSPS) is 20.3. The second-order valence-electron chi connectivity index (χ2n) is 6.01. The van der Waals surface area contributed by atoms with Crippen LogP contribution in [0.3, 0.4) is 0 Å². The smallest absolute Gasteiger partial charge is 0.236 e. The summed E-state index contributed by atoms with van der Waals surface area (Å²) in [7, 11) is 3.95. The Bertz CT molecular complexity index is 443. The van der Waals surface area contributed by atoms with E-state index in [1.165, 1.54) is 18.4 Å². The van der Waals surface area contributed by atoms with Crippen LogP contribution in [-0.4, -0.2) is 55.5 Å². The molecule has 2 rings (SSSR count). The Morgan fingerprint density at radius 1 is 1.33 bits per heavy atom. The first kappa shape index (κ1) is 16.0. The quantitative estimate of drug-likeness (QED) is 0.899. The first-order valence-electron chi connectivity index (χ1n) is 7.81. The monoisotopic (exact) mass is 289 g/mol. The van der Waals surface area contributed by atoms with Gasteiger partial charge in [-0.1, -0.05) is 30.3 Å². The van der Waals surface area contributed by atoms with Crippen LogP contribution in [0.25, 0.3) is 0 Å². The van der Waals surface area contributed by atoms with E-state index >= 15 is 0 Å². The summed E-state index contributed by atoms with van der Waals surface area (Å²) in [6.45, 7) is 4.65. The number of piperidine rings is 1. The van der Waals surface area contributed by atoms with Gasteiger partial charge >= 0.3 is 0 Å². The van der Waals surface area contributed by atoms with E-state index in [9.17, 15) is 4.79 Å². The molecule has 0 aliphatic carbocycles. The molecule has 0 saturated carbocycles. The summed E-state index contributed by atoms with van der Waals surface area (Å²) in [6.07, 6.45) is 2.37. The molecule has 1 N–H and O–H groups in total. The van der Waals surface area contributed by atoms with E-state index in [0.717, 1.165) is 13.1 Å². The molecule has 2 atom stereocenters. The maximum Gasteiger partial charge on any atom is 0.236 e. The molecule has 1 amide bonds. The largest absolute Gasteiger partial charge is 0.338 e. The Morgan fingerprint density at radius 2 is 2.05 bits per heavy atom. The molecule has 4 heteroatoms. The highest BCUT2D eigenvalue weighted by Crippen LogP contribution is 2.18. The third kappa shape index (κ3) is 4.29.